The number of carboxylic acid groups (broad SMARTS) is 1. The Hall–Kier alpha value is -2.22. The van der Waals surface area contributed by atoms with Gasteiger partial charge in [-0.15, -0.1) is 0 Å². The lowest BCUT2D eigenvalue weighted by molar-refractivity contribution is 0.0697. The predicted octanol–water partition coefficient (Wildman–Crippen LogP) is 0.847. The molecular weight excluding hydrogens is 184 g/mol. The molecule has 1 rings (SSSR count). The van der Waals surface area contributed by atoms with Gasteiger partial charge < -0.3 is 15.6 Å². The molecule has 14 heavy (non-hydrogen) atoms. The van der Waals surface area contributed by atoms with Crippen LogP contribution in [0.2, 0.25) is 0 Å². The zero-order chi connectivity index (χ0) is 10.7. The van der Waals surface area contributed by atoms with Gasteiger partial charge in [-0.2, -0.15) is 5.26 Å². The van der Waals surface area contributed by atoms with Crippen molar-refractivity contribution < 1.29 is 14.6 Å². The first-order valence-electron chi connectivity index (χ1n) is 3.71. The van der Waals surface area contributed by atoms with Crippen LogP contribution in [-0.2, 0) is 0 Å². The van der Waals surface area contributed by atoms with E-state index in [2.05, 4.69) is 0 Å². The molecule has 0 heterocycles. The van der Waals surface area contributed by atoms with E-state index in [1.807, 2.05) is 0 Å². The molecule has 1 aromatic rings. The van der Waals surface area contributed by atoms with Crippen molar-refractivity contribution in [3.63, 3.8) is 0 Å². The Morgan fingerprint density at radius 2 is 2.29 bits per heavy atom. The average molecular weight is 192 g/mol. The van der Waals surface area contributed by atoms with Crippen LogP contribution < -0.4 is 10.5 Å². The third-order valence-corrected chi connectivity index (χ3v) is 1.71. The summed E-state index contributed by atoms with van der Waals surface area (Å²) in [5.41, 5.74) is 5.29. The zero-order valence-corrected chi connectivity index (χ0v) is 7.44. The minimum Gasteiger partial charge on any atom is -0.497 e. The van der Waals surface area contributed by atoms with Gasteiger partial charge in [-0.3, -0.25) is 0 Å². The molecule has 0 aromatic heterocycles. The summed E-state index contributed by atoms with van der Waals surface area (Å²) in [4.78, 5) is 10.7. The number of anilines is 1. The third kappa shape index (κ3) is 1.59. The van der Waals surface area contributed by atoms with Crippen molar-refractivity contribution in [1.82, 2.24) is 0 Å². The molecule has 0 aliphatic heterocycles. The van der Waals surface area contributed by atoms with Crippen molar-refractivity contribution in [2.24, 2.45) is 0 Å². The van der Waals surface area contributed by atoms with Crippen molar-refractivity contribution in [3.8, 4) is 11.8 Å². The van der Waals surface area contributed by atoms with Crippen LogP contribution in [0, 0.1) is 11.3 Å². The molecule has 72 valence electrons. The highest BCUT2D eigenvalue weighted by atomic mass is 16.5. The summed E-state index contributed by atoms with van der Waals surface area (Å²) in [6, 6.07) is 4.45. The molecule has 0 saturated heterocycles. The summed E-state index contributed by atoms with van der Waals surface area (Å²) in [5.74, 6) is -0.856. The average Bonchev–Trinajstić information content (AvgIpc) is 2.15. The lowest BCUT2D eigenvalue weighted by atomic mass is 10.1. The highest BCUT2D eigenvalue weighted by molar-refractivity contribution is 5.96. The standard InChI is InChI=1S/C9H8N2O3/c1-14-6-2-5(4-10)8(9(12)13)7(11)3-6/h2-3H,11H2,1H3,(H,12,13). The fourth-order valence-electron chi connectivity index (χ4n) is 1.08. The van der Waals surface area contributed by atoms with Gasteiger partial charge in [0.1, 0.15) is 17.4 Å². The molecule has 0 aliphatic carbocycles. The van der Waals surface area contributed by atoms with Crippen LogP contribution >= 0.6 is 0 Å². The molecule has 3 N–H and O–H groups in total. The molecule has 0 amide bonds. The number of carboxylic acids is 1. The van der Waals surface area contributed by atoms with E-state index in [9.17, 15) is 4.79 Å². The highest BCUT2D eigenvalue weighted by Crippen LogP contribution is 2.23. The highest BCUT2D eigenvalue weighted by Gasteiger charge is 2.15. The number of hydrogen-bond acceptors (Lipinski definition) is 4. The summed E-state index contributed by atoms with van der Waals surface area (Å²) in [6.45, 7) is 0. The van der Waals surface area contributed by atoms with E-state index in [1.165, 1.54) is 19.2 Å². The number of nitrogens with two attached hydrogens (primary N) is 1. The largest absolute Gasteiger partial charge is 0.497 e. The van der Waals surface area contributed by atoms with Crippen molar-refractivity contribution >= 4 is 11.7 Å². The molecule has 0 atom stereocenters. The molecule has 0 bridgehead atoms. The Morgan fingerprint density at radius 3 is 2.71 bits per heavy atom. The molecule has 0 fully saturated rings. The normalized spacial score (nSPS) is 9.14. The van der Waals surface area contributed by atoms with E-state index in [0.29, 0.717) is 5.75 Å². The zero-order valence-electron chi connectivity index (χ0n) is 7.44. The molecule has 0 saturated carbocycles. The lowest BCUT2D eigenvalue weighted by Gasteiger charge is -2.06. The van der Waals surface area contributed by atoms with E-state index in [-0.39, 0.29) is 16.8 Å². The SMILES string of the molecule is COc1cc(N)c(C(=O)O)c(C#N)c1. The minimum atomic E-state index is -1.22. The van der Waals surface area contributed by atoms with Gasteiger partial charge in [-0.05, 0) is 6.07 Å². The number of methoxy groups -OCH3 is 1. The van der Waals surface area contributed by atoms with E-state index < -0.39 is 5.97 Å². The van der Waals surface area contributed by atoms with Crippen LogP contribution in [0.1, 0.15) is 15.9 Å². The fraction of sp³-hybridized carbons (Fsp3) is 0.111. The Morgan fingerprint density at radius 1 is 1.64 bits per heavy atom. The van der Waals surface area contributed by atoms with Crippen molar-refractivity contribution in [1.29, 1.82) is 5.26 Å². The Balaban J connectivity index is 3.44. The van der Waals surface area contributed by atoms with Crippen LogP contribution in [0.5, 0.6) is 5.75 Å². The number of nitriles is 1. The van der Waals surface area contributed by atoms with Gasteiger partial charge in [-0.1, -0.05) is 0 Å². The van der Waals surface area contributed by atoms with Crippen LogP contribution in [0.15, 0.2) is 12.1 Å². The maximum absolute atomic E-state index is 10.7. The molecule has 5 heteroatoms. The smallest absolute Gasteiger partial charge is 0.339 e. The van der Waals surface area contributed by atoms with E-state index in [1.54, 1.807) is 6.07 Å². The molecule has 0 radical (unpaired) electrons. The number of benzene rings is 1. The Kier molecular flexibility index (Phi) is 2.58. The van der Waals surface area contributed by atoms with Gasteiger partial charge in [0.25, 0.3) is 0 Å². The van der Waals surface area contributed by atoms with E-state index >= 15 is 0 Å². The number of carbonyl (C=O) groups is 1. The molecule has 1 aromatic carbocycles. The molecule has 0 spiro atoms. The summed E-state index contributed by atoms with van der Waals surface area (Å²) < 4.78 is 4.85. The summed E-state index contributed by atoms with van der Waals surface area (Å²) in [7, 11) is 1.41. The van der Waals surface area contributed by atoms with E-state index in [4.69, 9.17) is 20.8 Å². The Bertz CT molecular complexity index is 421. The van der Waals surface area contributed by atoms with Crippen LogP contribution in [0.4, 0.5) is 5.69 Å². The van der Waals surface area contributed by atoms with Crippen molar-refractivity contribution in [3.05, 3.63) is 23.3 Å². The minimum absolute atomic E-state index is 0.00523. The second-order valence-electron chi connectivity index (χ2n) is 2.56. The van der Waals surface area contributed by atoms with Crippen LogP contribution in [0.3, 0.4) is 0 Å². The maximum atomic E-state index is 10.7. The first-order valence-corrected chi connectivity index (χ1v) is 3.71. The number of aromatic carboxylic acids is 1. The second kappa shape index (κ2) is 3.66. The maximum Gasteiger partial charge on any atom is 0.339 e. The first-order chi connectivity index (χ1) is 6.60. The van der Waals surface area contributed by atoms with Gasteiger partial charge >= 0.3 is 5.97 Å². The second-order valence-corrected chi connectivity index (χ2v) is 2.56. The molecule has 0 unspecified atom stereocenters. The van der Waals surface area contributed by atoms with E-state index in [0.717, 1.165) is 0 Å². The molecule has 5 nitrogen and oxygen atoms in total. The summed E-state index contributed by atoms with van der Waals surface area (Å²) >= 11 is 0. The predicted molar refractivity (Wildman–Crippen MR) is 49.1 cm³/mol. The molecule has 0 aliphatic rings. The fourth-order valence-corrected chi connectivity index (χ4v) is 1.08. The van der Waals surface area contributed by atoms with Crippen molar-refractivity contribution in [2.45, 2.75) is 0 Å². The van der Waals surface area contributed by atoms with Crippen LogP contribution in [0.25, 0.3) is 0 Å². The van der Waals surface area contributed by atoms with Gasteiger partial charge in [0.2, 0.25) is 0 Å². The number of rotatable bonds is 2. The summed E-state index contributed by atoms with van der Waals surface area (Å²) in [5, 5.41) is 17.5. The van der Waals surface area contributed by atoms with Gasteiger partial charge in [0, 0.05) is 6.07 Å². The third-order valence-electron chi connectivity index (χ3n) is 1.71. The quantitative estimate of drug-likeness (QED) is 0.677. The Labute approximate surface area is 80.3 Å². The first kappa shape index (κ1) is 9.86. The van der Waals surface area contributed by atoms with Gasteiger partial charge in [0.15, 0.2) is 0 Å². The number of nitrogens with zero attached hydrogens (tertiary/aromatic N) is 1. The number of ether oxygens (including phenoxy) is 1. The molecular formula is C9H8N2O3. The monoisotopic (exact) mass is 192 g/mol. The number of hydrogen-bond donors (Lipinski definition) is 2. The number of nitrogen functional groups attached to an aromatic ring is 1. The topological polar surface area (TPSA) is 96.3 Å². The van der Waals surface area contributed by atoms with Crippen molar-refractivity contribution in [2.75, 3.05) is 12.8 Å². The lowest BCUT2D eigenvalue weighted by Crippen LogP contribution is -2.06. The summed E-state index contributed by atoms with van der Waals surface area (Å²) in [6.07, 6.45) is 0. The van der Waals surface area contributed by atoms with Gasteiger partial charge in [-0.25, -0.2) is 4.79 Å². The van der Waals surface area contributed by atoms with Crippen LogP contribution in [-0.4, -0.2) is 18.2 Å². The van der Waals surface area contributed by atoms with Gasteiger partial charge in [0.05, 0.1) is 18.4 Å².